The van der Waals surface area contributed by atoms with E-state index >= 15 is 0 Å². The summed E-state index contributed by atoms with van der Waals surface area (Å²) in [7, 11) is 0. The smallest absolute Gasteiger partial charge is 0.0962 e. The SMILES string of the molecule is Nc1ccc(-c2cnc(C3CCCCC3)s2)c(Br)c1. The fraction of sp³-hybridized carbons (Fsp3) is 0.400. The van der Waals surface area contributed by atoms with Crippen molar-refractivity contribution in [3.05, 3.63) is 33.9 Å². The van der Waals surface area contributed by atoms with Crippen LogP contribution in [0.5, 0.6) is 0 Å². The van der Waals surface area contributed by atoms with Gasteiger partial charge in [0.05, 0.1) is 9.88 Å². The predicted octanol–water partition coefficient (Wildman–Crippen LogP) is 5.20. The molecule has 0 spiro atoms. The van der Waals surface area contributed by atoms with Crippen LogP contribution in [0.1, 0.15) is 43.0 Å². The molecule has 3 rings (SSSR count). The van der Waals surface area contributed by atoms with Crippen LogP contribution >= 0.6 is 27.3 Å². The highest BCUT2D eigenvalue weighted by Crippen LogP contribution is 2.39. The third-order valence-corrected chi connectivity index (χ3v) is 5.59. The van der Waals surface area contributed by atoms with Gasteiger partial charge in [0, 0.05) is 27.8 Å². The minimum atomic E-state index is 0.681. The van der Waals surface area contributed by atoms with Gasteiger partial charge in [0.25, 0.3) is 0 Å². The Balaban J connectivity index is 1.87. The average molecular weight is 337 g/mol. The van der Waals surface area contributed by atoms with Crippen LogP contribution in [-0.2, 0) is 0 Å². The van der Waals surface area contributed by atoms with E-state index in [-0.39, 0.29) is 0 Å². The first kappa shape index (κ1) is 13.1. The van der Waals surface area contributed by atoms with Gasteiger partial charge in [-0.1, -0.05) is 41.3 Å². The van der Waals surface area contributed by atoms with E-state index in [0.717, 1.165) is 10.2 Å². The van der Waals surface area contributed by atoms with Crippen molar-refractivity contribution in [1.82, 2.24) is 4.98 Å². The number of thiazole rings is 1. The van der Waals surface area contributed by atoms with E-state index in [1.807, 2.05) is 29.7 Å². The number of nitrogen functional groups attached to an aromatic ring is 1. The highest BCUT2D eigenvalue weighted by atomic mass is 79.9. The largest absolute Gasteiger partial charge is 0.399 e. The number of benzene rings is 1. The molecule has 0 radical (unpaired) electrons. The van der Waals surface area contributed by atoms with Crippen LogP contribution in [0.15, 0.2) is 28.9 Å². The van der Waals surface area contributed by atoms with Gasteiger partial charge in [0.2, 0.25) is 0 Å². The number of hydrogen-bond acceptors (Lipinski definition) is 3. The second-order valence-corrected chi connectivity index (χ2v) is 7.05. The molecule has 1 fully saturated rings. The Morgan fingerprint density at radius 2 is 2.00 bits per heavy atom. The van der Waals surface area contributed by atoms with Gasteiger partial charge in [-0.15, -0.1) is 11.3 Å². The van der Waals surface area contributed by atoms with E-state index in [1.165, 1.54) is 47.6 Å². The molecule has 1 aliphatic rings. The molecule has 0 saturated heterocycles. The number of halogens is 1. The van der Waals surface area contributed by atoms with E-state index in [1.54, 1.807) is 0 Å². The van der Waals surface area contributed by atoms with E-state index < -0.39 is 0 Å². The summed E-state index contributed by atoms with van der Waals surface area (Å²) in [4.78, 5) is 5.88. The molecular formula is C15H17BrN2S. The second kappa shape index (κ2) is 5.63. The van der Waals surface area contributed by atoms with E-state index in [0.29, 0.717) is 5.92 Å². The zero-order valence-electron chi connectivity index (χ0n) is 10.7. The van der Waals surface area contributed by atoms with E-state index in [4.69, 9.17) is 5.73 Å². The number of rotatable bonds is 2. The highest BCUT2D eigenvalue weighted by Gasteiger charge is 2.19. The summed E-state index contributed by atoms with van der Waals surface area (Å²) in [5, 5.41) is 1.30. The summed E-state index contributed by atoms with van der Waals surface area (Å²) in [5.74, 6) is 0.681. The molecular weight excluding hydrogens is 320 g/mol. The summed E-state index contributed by atoms with van der Waals surface area (Å²) in [5.41, 5.74) is 7.76. The molecule has 0 aliphatic heterocycles. The number of hydrogen-bond donors (Lipinski definition) is 1. The zero-order chi connectivity index (χ0) is 13.2. The number of anilines is 1. The van der Waals surface area contributed by atoms with Crippen molar-refractivity contribution in [2.24, 2.45) is 0 Å². The van der Waals surface area contributed by atoms with Gasteiger partial charge >= 0.3 is 0 Å². The minimum Gasteiger partial charge on any atom is -0.399 e. The molecule has 1 saturated carbocycles. The first-order chi connectivity index (χ1) is 9.24. The van der Waals surface area contributed by atoms with Crippen molar-refractivity contribution >= 4 is 33.0 Å². The molecule has 1 aliphatic carbocycles. The van der Waals surface area contributed by atoms with E-state index in [9.17, 15) is 0 Å². The fourth-order valence-corrected chi connectivity index (χ4v) is 4.55. The maximum Gasteiger partial charge on any atom is 0.0962 e. The van der Waals surface area contributed by atoms with Crippen molar-refractivity contribution < 1.29 is 0 Å². The molecule has 2 nitrogen and oxygen atoms in total. The summed E-state index contributed by atoms with van der Waals surface area (Å²) in [6.45, 7) is 0. The maximum absolute atomic E-state index is 5.79. The van der Waals surface area contributed by atoms with Gasteiger partial charge < -0.3 is 5.73 Å². The Morgan fingerprint density at radius 1 is 1.21 bits per heavy atom. The van der Waals surface area contributed by atoms with Crippen molar-refractivity contribution in [2.75, 3.05) is 5.73 Å². The summed E-state index contributed by atoms with van der Waals surface area (Å²) in [6, 6.07) is 5.97. The number of aromatic nitrogens is 1. The van der Waals surface area contributed by atoms with Crippen LogP contribution in [0.2, 0.25) is 0 Å². The molecule has 0 unspecified atom stereocenters. The molecule has 4 heteroatoms. The summed E-state index contributed by atoms with van der Waals surface area (Å²) < 4.78 is 1.05. The van der Waals surface area contributed by atoms with Crippen molar-refractivity contribution in [2.45, 2.75) is 38.0 Å². The van der Waals surface area contributed by atoms with Crippen LogP contribution in [0.3, 0.4) is 0 Å². The van der Waals surface area contributed by atoms with Gasteiger partial charge in [-0.05, 0) is 25.0 Å². The average Bonchev–Trinajstić information content (AvgIpc) is 2.89. The monoisotopic (exact) mass is 336 g/mol. The first-order valence-electron chi connectivity index (χ1n) is 6.75. The molecule has 100 valence electrons. The third kappa shape index (κ3) is 2.84. The molecule has 0 atom stereocenters. The lowest BCUT2D eigenvalue weighted by atomic mass is 9.90. The quantitative estimate of drug-likeness (QED) is 0.765. The topological polar surface area (TPSA) is 38.9 Å². The molecule has 19 heavy (non-hydrogen) atoms. The number of nitrogens with zero attached hydrogens (tertiary/aromatic N) is 1. The van der Waals surface area contributed by atoms with Gasteiger partial charge in [0.1, 0.15) is 0 Å². The second-order valence-electron chi connectivity index (χ2n) is 5.14. The third-order valence-electron chi connectivity index (χ3n) is 3.74. The lowest BCUT2D eigenvalue weighted by molar-refractivity contribution is 0.442. The van der Waals surface area contributed by atoms with Crippen LogP contribution in [0.4, 0.5) is 5.69 Å². The van der Waals surface area contributed by atoms with Crippen molar-refractivity contribution in [1.29, 1.82) is 0 Å². The highest BCUT2D eigenvalue weighted by molar-refractivity contribution is 9.10. The molecule has 2 aromatic rings. The Hall–Kier alpha value is -0.870. The first-order valence-corrected chi connectivity index (χ1v) is 8.36. The lowest BCUT2D eigenvalue weighted by Crippen LogP contribution is -2.03. The molecule has 2 N–H and O–H groups in total. The molecule has 1 aromatic carbocycles. The Labute approximate surface area is 126 Å². The summed E-state index contributed by atoms with van der Waals surface area (Å²) >= 11 is 5.42. The zero-order valence-corrected chi connectivity index (χ0v) is 13.1. The van der Waals surface area contributed by atoms with Gasteiger partial charge in [-0.25, -0.2) is 4.98 Å². The molecule has 1 aromatic heterocycles. The summed E-state index contributed by atoms with van der Waals surface area (Å²) in [6.07, 6.45) is 8.70. The fourth-order valence-electron chi connectivity index (χ4n) is 2.68. The maximum atomic E-state index is 5.79. The Kier molecular flexibility index (Phi) is 3.89. The minimum absolute atomic E-state index is 0.681. The van der Waals surface area contributed by atoms with E-state index in [2.05, 4.69) is 27.0 Å². The van der Waals surface area contributed by atoms with Gasteiger partial charge in [-0.3, -0.25) is 0 Å². The Morgan fingerprint density at radius 3 is 2.74 bits per heavy atom. The Bertz CT molecular complexity index is 573. The standard InChI is InChI=1S/C15H17BrN2S/c16-13-8-11(17)6-7-12(13)14-9-18-15(19-14)10-4-2-1-3-5-10/h6-10H,1-5,17H2. The van der Waals surface area contributed by atoms with Crippen LogP contribution in [-0.4, -0.2) is 4.98 Å². The van der Waals surface area contributed by atoms with Gasteiger partial charge in [-0.2, -0.15) is 0 Å². The van der Waals surface area contributed by atoms with Crippen molar-refractivity contribution in [3.8, 4) is 10.4 Å². The van der Waals surface area contributed by atoms with Crippen LogP contribution in [0, 0.1) is 0 Å². The molecule has 0 bridgehead atoms. The van der Waals surface area contributed by atoms with Crippen LogP contribution < -0.4 is 5.73 Å². The lowest BCUT2D eigenvalue weighted by Gasteiger charge is -2.18. The van der Waals surface area contributed by atoms with Crippen molar-refractivity contribution in [3.63, 3.8) is 0 Å². The van der Waals surface area contributed by atoms with Gasteiger partial charge in [0.15, 0.2) is 0 Å². The predicted molar refractivity (Wildman–Crippen MR) is 85.5 cm³/mol. The number of nitrogens with two attached hydrogens (primary N) is 1. The normalized spacial score (nSPS) is 16.7. The molecule has 0 amide bonds. The van der Waals surface area contributed by atoms with Crippen LogP contribution in [0.25, 0.3) is 10.4 Å². The molecule has 1 heterocycles.